The number of thioether (sulfide) groups is 1. The fraction of sp³-hybridized carbons (Fsp3) is 0.167. The molecule has 0 unspecified atom stereocenters. The van der Waals surface area contributed by atoms with Crippen LogP contribution in [0.4, 0.5) is 0 Å². The zero-order valence-electron chi connectivity index (χ0n) is 15.1. The molecule has 4 aromatic rings. The molecule has 0 saturated carbocycles. The SMILES string of the molecule is CC(C)SCc1ccc2ccccc2c1-c1c(O)ccc2ccccc12. The summed E-state index contributed by atoms with van der Waals surface area (Å²) in [5.74, 6) is 1.27. The van der Waals surface area contributed by atoms with E-state index in [-0.39, 0.29) is 0 Å². The first-order chi connectivity index (χ1) is 12.6. The average Bonchev–Trinajstić information content (AvgIpc) is 2.66. The highest BCUT2D eigenvalue weighted by atomic mass is 32.2. The van der Waals surface area contributed by atoms with Crippen LogP contribution in [0.3, 0.4) is 0 Å². The van der Waals surface area contributed by atoms with Crippen LogP contribution in [-0.2, 0) is 5.75 Å². The lowest BCUT2D eigenvalue weighted by Gasteiger charge is -2.17. The highest BCUT2D eigenvalue weighted by molar-refractivity contribution is 7.99. The molecule has 0 atom stereocenters. The zero-order chi connectivity index (χ0) is 18.1. The molecule has 0 aliphatic rings. The minimum atomic E-state index is 0.343. The summed E-state index contributed by atoms with van der Waals surface area (Å²) < 4.78 is 0. The first kappa shape index (κ1) is 17.0. The molecule has 0 aliphatic carbocycles. The second kappa shape index (κ2) is 7.05. The molecule has 4 rings (SSSR count). The van der Waals surface area contributed by atoms with Crippen LogP contribution in [0.5, 0.6) is 5.75 Å². The van der Waals surface area contributed by atoms with E-state index in [2.05, 4.69) is 62.4 Å². The smallest absolute Gasteiger partial charge is 0.124 e. The van der Waals surface area contributed by atoms with Crippen molar-refractivity contribution >= 4 is 33.3 Å². The minimum absolute atomic E-state index is 0.343. The summed E-state index contributed by atoms with van der Waals surface area (Å²) in [4.78, 5) is 0. The van der Waals surface area contributed by atoms with Gasteiger partial charge in [-0.2, -0.15) is 11.8 Å². The normalized spacial score (nSPS) is 11.5. The quantitative estimate of drug-likeness (QED) is 0.423. The zero-order valence-corrected chi connectivity index (χ0v) is 15.9. The highest BCUT2D eigenvalue weighted by Gasteiger charge is 2.16. The van der Waals surface area contributed by atoms with E-state index in [1.807, 2.05) is 36.0 Å². The van der Waals surface area contributed by atoms with Gasteiger partial charge in [0.1, 0.15) is 5.75 Å². The largest absolute Gasteiger partial charge is 0.507 e. The van der Waals surface area contributed by atoms with Crippen molar-refractivity contribution in [2.24, 2.45) is 0 Å². The maximum Gasteiger partial charge on any atom is 0.124 e. The second-order valence-corrected chi connectivity index (χ2v) is 8.43. The summed E-state index contributed by atoms with van der Waals surface area (Å²) in [7, 11) is 0. The van der Waals surface area contributed by atoms with E-state index in [1.54, 1.807) is 0 Å². The van der Waals surface area contributed by atoms with Crippen molar-refractivity contribution in [3.8, 4) is 16.9 Å². The Hall–Kier alpha value is -2.45. The number of aromatic hydroxyl groups is 1. The van der Waals surface area contributed by atoms with Gasteiger partial charge in [0.25, 0.3) is 0 Å². The van der Waals surface area contributed by atoms with Gasteiger partial charge in [-0.1, -0.05) is 80.6 Å². The summed E-state index contributed by atoms with van der Waals surface area (Å²) in [6, 6.07) is 24.9. The molecule has 0 aromatic heterocycles. The van der Waals surface area contributed by atoms with Gasteiger partial charge in [0.15, 0.2) is 0 Å². The van der Waals surface area contributed by atoms with E-state index >= 15 is 0 Å². The molecule has 1 N–H and O–H groups in total. The van der Waals surface area contributed by atoms with Gasteiger partial charge in [-0.25, -0.2) is 0 Å². The molecule has 26 heavy (non-hydrogen) atoms. The van der Waals surface area contributed by atoms with Gasteiger partial charge in [-0.05, 0) is 44.0 Å². The summed E-state index contributed by atoms with van der Waals surface area (Å²) in [5, 5.41) is 16.0. The Morgan fingerprint density at radius 1 is 0.731 bits per heavy atom. The minimum Gasteiger partial charge on any atom is -0.507 e. The molecule has 0 fully saturated rings. The molecule has 0 saturated heterocycles. The predicted octanol–water partition coefficient (Wildman–Crippen LogP) is 7.01. The average molecular weight is 359 g/mol. The van der Waals surface area contributed by atoms with Gasteiger partial charge in [-0.3, -0.25) is 0 Å². The Labute approximate surface area is 158 Å². The number of hydrogen-bond donors (Lipinski definition) is 1. The van der Waals surface area contributed by atoms with Crippen molar-refractivity contribution in [3.63, 3.8) is 0 Å². The third-order valence-electron chi connectivity index (χ3n) is 4.74. The first-order valence-electron chi connectivity index (χ1n) is 8.98. The van der Waals surface area contributed by atoms with Gasteiger partial charge in [-0.15, -0.1) is 0 Å². The summed E-state index contributed by atoms with van der Waals surface area (Å²) in [5.41, 5.74) is 3.37. The summed E-state index contributed by atoms with van der Waals surface area (Å²) in [6.45, 7) is 4.45. The van der Waals surface area contributed by atoms with Crippen LogP contribution in [0.2, 0.25) is 0 Å². The molecular formula is C24H22OS. The fourth-order valence-corrected chi connectivity index (χ4v) is 4.26. The van der Waals surface area contributed by atoms with Crippen molar-refractivity contribution in [2.45, 2.75) is 24.9 Å². The van der Waals surface area contributed by atoms with Crippen LogP contribution in [0, 0.1) is 0 Å². The van der Waals surface area contributed by atoms with Crippen LogP contribution in [-0.4, -0.2) is 10.4 Å². The first-order valence-corrected chi connectivity index (χ1v) is 10.0. The molecule has 0 radical (unpaired) electrons. The number of phenolic OH excluding ortho intramolecular Hbond substituents is 1. The number of hydrogen-bond acceptors (Lipinski definition) is 2. The van der Waals surface area contributed by atoms with Gasteiger partial charge < -0.3 is 5.11 Å². The predicted molar refractivity (Wildman–Crippen MR) is 115 cm³/mol. The van der Waals surface area contributed by atoms with E-state index in [9.17, 15) is 5.11 Å². The van der Waals surface area contributed by atoms with Crippen molar-refractivity contribution in [1.29, 1.82) is 0 Å². The Morgan fingerprint density at radius 3 is 1.96 bits per heavy atom. The third kappa shape index (κ3) is 3.06. The molecular weight excluding hydrogens is 336 g/mol. The number of phenols is 1. The summed E-state index contributed by atoms with van der Waals surface area (Å²) >= 11 is 1.93. The molecule has 130 valence electrons. The van der Waals surface area contributed by atoms with Gasteiger partial charge in [0, 0.05) is 11.3 Å². The lowest BCUT2D eigenvalue weighted by Crippen LogP contribution is -1.95. The number of rotatable bonds is 4. The maximum atomic E-state index is 10.8. The van der Waals surface area contributed by atoms with E-state index in [0.29, 0.717) is 11.0 Å². The van der Waals surface area contributed by atoms with E-state index in [1.165, 1.54) is 16.3 Å². The second-order valence-electron chi connectivity index (χ2n) is 6.86. The van der Waals surface area contributed by atoms with Crippen molar-refractivity contribution in [1.82, 2.24) is 0 Å². The monoisotopic (exact) mass is 358 g/mol. The molecule has 0 aliphatic heterocycles. The maximum absolute atomic E-state index is 10.8. The summed E-state index contributed by atoms with van der Waals surface area (Å²) in [6.07, 6.45) is 0. The van der Waals surface area contributed by atoms with Crippen molar-refractivity contribution in [3.05, 3.63) is 78.4 Å². The van der Waals surface area contributed by atoms with E-state index < -0.39 is 0 Å². The molecule has 4 aromatic carbocycles. The van der Waals surface area contributed by atoms with E-state index in [0.717, 1.165) is 27.7 Å². The topological polar surface area (TPSA) is 20.2 Å². The van der Waals surface area contributed by atoms with Gasteiger partial charge in [0.05, 0.1) is 0 Å². The number of fused-ring (bicyclic) bond motifs is 2. The lowest BCUT2D eigenvalue weighted by molar-refractivity contribution is 0.478. The third-order valence-corrected chi connectivity index (χ3v) is 5.89. The Morgan fingerprint density at radius 2 is 1.31 bits per heavy atom. The highest BCUT2D eigenvalue weighted by Crippen LogP contribution is 2.43. The molecule has 0 bridgehead atoms. The van der Waals surface area contributed by atoms with Crippen LogP contribution >= 0.6 is 11.8 Å². The number of benzene rings is 4. The molecule has 0 amide bonds. The van der Waals surface area contributed by atoms with Crippen molar-refractivity contribution < 1.29 is 5.11 Å². The fourth-order valence-electron chi connectivity index (χ4n) is 3.51. The standard InChI is InChI=1S/C24H22OS/c1-16(2)26-15-19-12-11-17-7-3-5-9-20(17)23(19)24-21-10-6-4-8-18(21)13-14-22(24)25/h3-14,16,25H,15H2,1-2H3. The molecule has 0 spiro atoms. The molecule has 2 heteroatoms. The molecule has 0 heterocycles. The van der Waals surface area contributed by atoms with Crippen LogP contribution in [0.25, 0.3) is 32.7 Å². The van der Waals surface area contributed by atoms with Crippen molar-refractivity contribution in [2.75, 3.05) is 0 Å². The Kier molecular flexibility index (Phi) is 4.60. The molecule has 1 nitrogen and oxygen atoms in total. The van der Waals surface area contributed by atoms with Crippen LogP contribution in [0.1, 0.15) is 19.4 Å². The van der Waals surface area contributed by atoms with Crippen LogP contribution in [0.15, 0.2) is 72.8 Å². The Bertz CT molecular complexity index is 1080. The van der Waals surface area contributed by atoms with Gasteiger partial charge >= 0.3 is 0 Å². The Balaban J connectivity index is 2.07. The van der Waals surface area contributed by atoms with Crippen LogP contribution < -0.4 is 0 Å². The lowest BCUT2D eigenvalue weighted by atomic mass is 9.90. The van der Waals surface area contributed by atoms with E-state index in [4.69, 9.17) is 0 Å². The van der Waals surface area contributed by atoms with Gasteiger partial charge in [0.2, 0.25) is 0 Å².